The highest BCUT2D eigenvalue weighted by molar-refractivity contribution is 6.30. The summed E-state index contributed by atoms with van der Waals surface area (Å²) in [4.78, 5) is 15.0. The second-order valence-corrected chi connectivity index (χ2v) is 5.63. The molecule has 1 heterocycles. The topological polar surface area (TPSA) is 70.9 Å². The minimum absolute atomic E-state index is 0.124. The Balaban J connectivity index is 2.12. The van der Waals surface area contributed by atoms with Gasteiger partial charge in [0.05, 0.1) is 10.6 Å². The highest BCUT2D eigenvalue weighted by atomic mass is 35.5. The Morgan fingerprint density at radius 2 is 2.44 bits per heavy atom. The quantitative estimate of drug-likeness (QED) is 0.788. The van der Waals surface area contributed by atoms with E-state index >= 15 is 0 Å². The zero-order valence-electron chi connectivity index (χ0n) is 10.6. The molecule has 5 heteroatoms. The Bertz CT molecular complexity index is 432. The molecule has 0 aliphatic heterocycles. The van der Waals surface area contributed by atoms with Crippen molar-refractivity contribution in [3.63, 3.8) is 0 Å². The number of rotatable bonds is 3. The van der Waals surface area contributed by atoms with Crippen molar-refractivity contribution < 1.29 is 4.79 Å². The molecule has 1 aromatic rings. The van der Waals surface area contributed by atoms with Crippen LogP contribution in [0, 0.1) is 5.92 Å². The van der Waals surface area contributed by atoms with Gasteiger partial charge in [-0.25, -0.2) is 0 Å². The number of H-pyrrole nitrogens is 1. The van der Waals surface area contributed by atoms with E-state index in [0.29, 0.717) is 23.2 Å². The summed E-state index contributed by atoms with van der Waals surface area (Å²) in [7, 11) is 0. The van der Waals surface area contributed by atoms with Crippen LogP contribution >= 0.6 is 11.6 Å². The molecule has 0 radical (unpaired) electrons. The number of hydrogen-bond donors (Lipinski definition) is 3. The van der Waals surface area contributed by atoms with E-state index in [1.165, 1.54) is 6.42 Å². The first-order valence-corrected chi connectivity index (χ1v) is 6.82. The molecule has 1 aliphatic rings. The summed E-state index contributed by atoms with van der Waals surface area (Å²) in [6.07, 6.45) is 6.00. The fourth-order valence-corrected chi connectivity index (χ4v) is 2.91. The predicted molar refractivity (Wildman–Crippen MR) is 72.7 cm³/mol. The molecule has 4 N–H and O–H groups in total. The van der Waals surface area contributed by atoms with E-state index in [4.69, 9.17) is 17.3 Å². The van der Waals surface area contributed by atoms with Gasteiger partial charge >= 0.3 is 0 Å². The van der Waals surface area contributed by atoms with E-state index in [1.54, 1.807) is 12.3 Å². The monoisotopic (exact) mass is 269 g/mol. The molecule has 2 atom stereocenters. The maximum Gasteiger partial charge on any atom is 0.268 e. The summed E-state index contributed by atoms with van der Waals surface area (Å²) in [5.74, 6) is 0.284. The van der Waals surface area contributed by atoms with Gasteiger partial charge in [0.1, 0.15) is 5.69 Å². The van der Waals surface area contributed by atoms with Gasteiger partial charge in [-0.2, -0.15) is 0 Å². The molecule has 1 fully saturated rings. The van der Waals surface area contributed by atoms with Crippen LogP contribution in [-0.4, -0.2) is 23.0 Å². The van der Waals surface area contributed by atoms with Crippen LogP contribution in [0.25, 0.3) is 0 Å². The third-order valence-corrected chi connectivity index (χ3v) is 4.29. The number of aromatic amines is 1. The molecule has 2 unspecified atom stereocenters. The molecule has 18 heavy (non-hydrogen) atoms. The van der Waals surface area contributed by atoms with E-state index in [-0.39, 0.29) is 11.4 Å². The molecule has 1 amide bonds. The fourth-order valence-electron chi connectivity index (χ4n) is 2.75. The SMILES string of the molecule is CC1CCCCC1(CN)NC(=O)c1cc(Cl)c[nH]1. The van der Waals surface area contributed by atoms with Crippen molar-refractivity contribution in [1.82, 2.24) is 10.3 Å². The summed E-state index contributed by atoms with van der Waals surface area (Å²) >= 11 is 5.81. The van der Waals surface area contributed by atoms with Gasteiger partial charge in [-0.15, -0.1) is 0 Å². The van der Waals surface area contributed by atoms with E-state index in [2.05, 4.69) is 17.2 Å². The molecule has 1 aliphatic carbocycles. The number of aromatic nitrogens is 1. The second kappa shape index (κ2) is 5.33. The number of carbonyl (C=O) groups excluding carboxylic acids is 1. The Morgan fingerprint density at radius 3 is 3.00 bits per heavy atom. The number of hydrogen-bond acceptors (Lipinski definition) is 2. The maximum atomic E-state index is 12.2. The van der Waals surface area contributed by atoms with Crippen LogP contribution in [0.3, 0.4) is 0 Å². The summed E-state index contributed by atoms with van der Waals surface area (Å²) in [6.45, 7) is 2.64. The molecule has 1 saturated carbocycles. The summed E-state index contributed by atoms with van der Waals surface area (Å²) in [5, 5.41) is 3.65. The first kappa shape index (κ1) is 13.4. The molecule has 0 spiro atoms. The maximum absolute atomic E-state index is 12.2. The molecule has 0 aromatic carbocycles. The van der Waals surface area contributed by atoms with E-state index < -0.39 is 0 Å². The minimum atomic E-state index is -0.271. The lowest BCUT2D eigenvalue weighted by molar-refractivity contribution is 0.0808. The van der Waals surface area contributed by atoms with Crippen molar-refractivity contribution in [2.24, 2.45) is 11.7 Å². The molecule has 0 saturated heterocycles. The average molecular weight is 270 g/mol. The number of carbonyl (C=O) groups is 1. The molecular weight excluding hydrogens is 250 g/mol. The average Bonchev–Trinajstić information content (AvgIpc) is 2.79. The molecule has 0 bridgehead atoms. The van der Waals surface area contributed by atoms with Gasteiger partial charge in [0.2, 0.25) is 0 Å². The van der Waals surface area contributed by atoms with Gasteiger partial charge in [0.25, 0.3) is 5.91 Å². The highest BCUT2D eigenvalue weighted by Crippen LogP contribution is 2.33. The third-order valence-electron chi connectivity index (χ3n) is 4.07. The Labute approximate surface area is 112 Å². The van der Waals surface area contributed by atoms with E-state index in [1.807, 2.05) is 0 Å². The predicted octanol–water partition coefficient (Wildman–Crippen LogP) is 2.31. The van der Waals surface area contributed by atoms with Crippen molar-refractivity contribution >= 4 is 17.5 Å². The Morgan fingerprint density at radius 1 is 1.67 bits per heavy atom. The number of nitrogens with one attached hydrogen (secondary N) is 2. The first-order valence-electron chi connectivity index (χ1n) is 6.44. The van der Waals surface area contributed by atoms with Gasteiger partial charge < -0.3 is 16.0 Å². The van der Waals surface area contributed by atoms with Gasteiger partial charge in [0.15, 0.2) is 0 Å². The summed E-state index contributed by atoms with van der Waals surface area (Å²) in [5.41, 5.74) is 6.13. The van der Waals surface area contributed by atoms with Crippen LogP contribution in [0.2, 0.25) is 5.02 Å². The van der Waals surface area contributed by atoms with Crippen LogP contribution < -0.4 is 11.1 Å². The normalized spacial score (nSPS) is 28.1. The van der Waals surface area contributed by atoms with Gasteiger partial charge in [-0.1, -0.05) is 31.4 Å². The molecule has 2 rings (SSSR count). The lowest BCUT2D eigenvalue weighted by Crippen LogP contribution is -2.59. The standard InChI is InChI=1S/C13H20ClN3O/c1-9-4-2-3-5-13(9,8-15)17-12(18)11-6-10(14)7-16-11/h6-7,9,16H,2-5,8,15H2,1H3,(H,17,18). The minimum Gasteiger partial charge on any atom is -0.356 e. The number of nitrogens with two attached hydrogens (primary N) is 1. The van der Waals surface area contributed by atoms with Crippen LogP contribution in [-0.2, 0) is 0 Å². The van der Waals surface area contributed by atoms with Crippen molar-refractivity contribution in [3.8, 4) is 0 Å². The molecule has 100 valence electrons. The lowest BCUT2D eigenvalue weighted by atomic mass is 9.73. The van der Waals surface area contributed by atoms with Crippen LogP contribution in [0.15, 0.2) is 12.3 Å². The van der Waals surface area contributed by atoms with Crippen molar-refractivity contribution in [3.05, 3.63) is 23.0 Å². The summed E-state index contributed by atoms with van der Waals surface area (Å²) in [6, 6.07) is 1.63. The van der Waals surface area contributed by atoms with Crippen molar-refractivity contribution in [1.29, 1.82) is 0 Å². The van der Waals surface area contributed by atoms with Crippen molar-refractivity contribution in [2.75, 3.05) is 6.54 Å². The van der Waals surface area contributed by atoms with Gasteiger partial charge in [0, 0.05) is 12.7 Å². The Hall–Kier alpha value is -1.00. The van der Waals surface area contributed by atoms with Crippen LogP contribution in [0.4, 0.5) is 0 Å². The molecule has 4 nitrogen and oxygen atoms in total. The third kappa shape index (κ3) is 2.54. The zero-order chi connectivity index (χ0) is 13.2. The first-order chi connectivity index (χ1) is 8.57. The summed E-state index contributed by atoms with van der Waals surface area (Å²) < 4.78 is 0. The van der Waals surface area contributed by atoms with E-state index in [0.717, 1.165) is 19.3 Å². The second-order valence-electron chi connectivity index (χ2n) is 5.19. The molecular formula is C13H20ClN3O. The molecule has 1 aromatic heterocycles. The number of amides is 1. The number of halogens is 1. The Kier molecular flexibility index (Phi) is 3.97. The van der Waals surface area contributed by atoms with Gasteiger partial charge in [-0.3, -0.25) is 4.79 Å². The largest absolute Gasteiger partial charge is 0.356 e. The smallest absolute Gasteiger partial charge is 0.268 e. The zero-order valence-corrected chi connectivity index (χ0v) is 11.4. The van der Waals surface area contributed by atoms with Crippen molar-refractivity contribution in [2.45, 2.75) is 38.1 Å². The lowest BCUT2D eigenvalue weighted by Gasteiger charge is -2.42. The fraction of sp³-hybridized carbons (Fsp3) is 0.615. The van der Waals surface area contributed by atoms with Crippen LogP contribution in [0.1, 0.15) is 43.1 Å². The van der Waals surface area contributed by atoms with E-state index in [9.17, 15) is 4.79 Å². The van der Waals surface area contributed by atoms with Crippen LogP contribution in [0.5, 0.6) is 0 Å². The van der Waals surface area contributed by atoms with Gasteiger partial charge in [-0.05, 0) is 24.8 Å². The highest BCUT2D eigenvalue weighted by Gasteiger charge is 2.38.